The molecule has 0 amide bonds. The molecule has 0 atom stereocenters. The van der Waals surface area contributed by atoms with E-state index in [0.29, 0.717) is 0 Å². The van der Waals surface area contributed by atoms with Crippen molar-refractivity contribution < 1.29 is 32.7 Å². The first-order chi connectivity index (χ1) is 11.8. The monoisotopic (exact) mass is 391 g/mol. The average Bonchev–Trinajstić information content (AvgIpc) is 2.62. The van der Waals surface area contributed by atoms with E-state index in [4.69, 9.17) is 6.58 Å². The molecule has 25 heavy (non-hydrogen) atoms. The summed E-state index contributed by atoms with van der Waals surface area (Å²) in [5.41, 5.74) is 0.925. The van der Waals surface area contributed by atoms with Gasteiger partial charge in [-0.2, -0.15) is 0 Å². The second-order valence-electron chi connectivity index (χ2n) is 6.27. The predicted molar refractivity (Wildman–Crippen MR) is 104 cm³/mol. The quantitative estimate of drug-likeness (QED) is 0.225. The molecule has 0 unspecified atom stereocenters. The minimum atomic E-state index is 0. The van der Waals surface area contributed by atoms with Gasteiger partial charge in [0.15, 0.2) is 0 Å². The summed E-state index contributed by atoms with van der Waals surface area (Å²) >= 11 is 0. The van der Waals surface area contributed by atoms with Gasteiger partial charge >= 0.3 is 0 Å². The summed E-state index contributed by atoms with van der Waals surface area (Å²) in [6.45, 7) is 5.62. The van der Waals surface area contributed by atoms with Gasteiger partial charge in [-0.1, -0.05) is 47.2 Å². The van der Waals surface area contributed by atoms with Crippen molar-refractivity contribution >= 4 is 49.2 Å². The summed E-state index contributed by atoms with van der Waals surface area (Å²) in [5.74, 6) is 0. The van der Waals surface area contributed by atoms with Crippen molar-refractivity contribution in [2.24, 2.45) is 0 Å². The molecular formula is C24H14Y-2. The number of hydrogen-bond donors (Lipinski definition) is 0. The van der Waals surface area contributed by atoms with Crippen molar-refractivity contribution in [3.05, 3.63) is 91.0 Å². The largest absolute Gasteiger partial charge is 0.334 e. The average molecular weight is 391 g/mol. The molecule has 0 bridgehead atoms. The first-order valence-electron chi connectivity index (χ1n) is 8.07. The van der Waals surface area contributed by atoms with Gasteiger partial charge in [-0.25, -0.2) is 12.1 Å². The second-order valence-corrected chi connectivity index (χ2v) is 6.27. The standard InChI is InChI=1S/C24H14.Y/c1-2-16-7-8-19-12-23-14-21-10-17-5-3-4-6-18(17)11-22(21)15-24(23)13-20(19)9-16;/h1-8,10-15H;/q-2;. The molecule has 0 N–H and O–H groups in total. The van der Waals surface area contributed by atoms with Crippen molar-refractivity contribution in [1.29, 1.82) is 0 Å². The number of rotatable bonds is 1. The van der Waals surface area contributed by atoms with Crippen molar-refractivity contribution in [3.8, 4) is 0 Å². The molecule has 0 nitrogen and oxygen atoms in total. The Labute approximate surface area is 172 Å². The molecule has 1 radical (unpaired) electrons. The molecule has 0 aliphatic rings. The maximum absolute atomic E-state index is 5.62. The van der Waals surface area contributed by atoms with E-state index in [1.807, 2.05) is 6.07 Å². The van der Waals surface area contributed by atoms with Crippen LogP contribution in [0.4, 0.5) is 0 Å². The van der Waals surface area contributed by atoms with Gasteiger partial charge in [0, 0.05) is 32.7 Å². The minimum absolute atomic E-state index is 0. The van der Waals surface area contributed by atoms with Gasteiger partial charge in [0.1, 0.15) is 0 Å². The normalized spacial score (nSPS) is 11.0. The maximum atomic E-state index is 5.62. The van der Waals surface area contributed by atoms with Crippen LogP contribution in [0.1, 0.15) is 5.56 Å². The van der Waals surface area contributed by atoms with Gasteiger partial charge in [0.25, 0.3) is 0 Å². The van der Waals surface area contributed by atoms with E-state index in [1.54, 1.807) is 6.08 Å². The molecule has 0 aromatic heterocycles. The zero-order valence-corrected chi connectivity index (χ0v) is 16.5. The third-order valence-corrected chi connectivity index (χ3v) is 4.73. The number of fused-ring (bicyclic) bond motifs is 4. The molecule has 0 saturated heterocycles. The molecule has 0 aliphatic heterocycles. The molecule has 0 fully saturated rings. The Morgan fingerprint density at radius 3 is 1.72 bits per heavy atom. The van der Waals surface area contributed by atoms with E-state index < -0.39 is 0 Å². The molecular weight excluding hydrogens is 377 g/mol. The molecule has 5 aromatic rings. The molecule has 1 heteroatoms. The molecule has 0 heterocycles. The summed E-state index contributed by atoms with van der Waals surface area (Å²) in [4.78, 5) is 0. The third kappa shape index (κ3) is 2.80. The summed E-state index contributed by atoms with van der Waals surface area (Å²) in [6, 6.07) is 29.5. The van der Waals surface area contributed by atoms with E-state index in [0.717, 1.165) is 10.9 Å². The first-order valence-corrected chi connectivity index (χ1v) is 8.07. The van der Waals surface area contributed by atoms with Gasteiger partial charge in [-0.05, 0) is 45.1 Å². The van der Waals surface area contributed by atoms with E-state index in [9.17, 15) is 0 Å². The molecule has 115 valence electrons. The fourth-order valence-corrected chi connectivity index (χ4v) is 3.48. The minimum Gasteiger partial charge on any atom is -0.334 e. The van der Waals surface area contributed by atoms with Gasteiger partial charge in [0.2, 0.25) is 0 Å². The van der Waals surface area contributed by atoms with Gasteiger partial charge < -0.3 is 6.58 Å². The molecule has 5 aromatic carbocycles. The Bertz CT molecular complexity index is 1270. The van der Waals surface area contributed by atoms with Gasteiger partial charge in [-0.3, -0.25) is 11.6 Å². The van der Waals surface area contributed by atoms with E-state index >= 15 is 0 Å². The molecule has 0 spiro atoms. The van der Waals surface area contributed by atoms with Crippen molar-refractivity contribution in [3.63, 3.8) is 0 Å². The van der Waals surface area contributed by atoms with Crippen molar-refractivity contribution in [1.82, 2.24) is 0 Å². The van der Waals surface area contributed by atoms with Crippen LogP contribution in [0.15, 0.2) is 72.8 Å². The Kier molecular flexibility index (Phi) is 4.19. The number of benzene rings is 5. The summed E-state index contributed by atoms with van der Waals surface area (Å²) < 4.78 is 0. The fourth-order valence-electron chi connectivity index (χ4n) is 3.48. The first kappa shape index (κ1) is 16.5. The van der Waals surface area contributed by atoms with Crippen molar-refractivity contribution in [2.45, 2.75) is 0 Å². The third-order valence-electron chi connectivity index (χ3n) is 4.73. The van der Waals surface area contributed by atoms with Gasteiger partial charge in [0.05, 0.1) is 0 Å². The Morgan fingerprint density at radius 1 is 0.600 bits per heavy atom. The van der Waals surface area contributed by atoms with E-state index in [-0.39, 0.29) is 32.7 Å². The Morgan fingerprint density at radius 2 is 1.12 bits per heavy atom. The maximum Gasteiger partial charge on any atom is 0 e. The van der Waals surface area contributed by atoms with Gasteiger partial charge in [-0.15, -0.1) is 17.5 Å². The van der Waals surface area contributed by atoms with Crippen LogP contribution in [-0.4, -0.2) is 0 Å². The molecule has 0 saturated carbocycles. The second kappa shape index (κ2) is 6.37. The summed E-state index contributed by atoms with van der Waals surface area (Å²) in [6.07, 6.45) is 1.59. The van der Waals surface area contributed by atoms with E-state index in [1.165, 1.54) is 37.7 Å². The molecule has 0 aliphatic carbocycles. The van der Waals surface area contributed by atoms with Crippen LogP contribution in [0.5, 0.6) is 0 Å². The molecule has 5 rings (SSSR count). The van der Waals surface area contributed by atoms with E-state index in [2.05, 4.69) is 72.8 Å². The van der Waals surface area contributed by atoms with Crippen LogP contribution >= 0.6 is 0 Å². The van der Waals surface area contributed by atoms with Crippen LogP contribution in [0.3, 0.4) is 0 Å². The SMILES string of the molecule is [CH-]=Cc1[c-]c2cc3cc4cc5ccccc5cc4cc3cc2cc1.[Y]. The van der Waals surface area contributed by atoms with Crippen LogP contribution in [0.2, 0.25) is 0 Å². The summed E-state index contributed by atoms with van der Waals surface area (Å²) in [5, 5.41) is 9.87. The zero-order chi connectivity index (χ0) is 16.1. The zero-order valence-electron chi connectivity index (χ0n) is 13.7. The van der Waals surface area contributed by atoms with Crippen LogP contribution in [-0.2, 0) is 32.7 Å². The smallest absolute Gasteiger partial charge is 0 e. The van der Waals surface area contributed by atoms with Crippen LogP contribution in [0.25, 0.3) is 49.2 Å². The number of hydrogen-bond acceptors (Lipinski definition) is 0. The Balaban J connectivity index is 0.00000157. The van der Waals surface area contributed by atoms with Crippen molar-refractivity contribution in [2.75, 3.05) is 0 Å². The van der Waals surface area contributed by atoms with Crippen LogP contribution in [0, 0.1) is 12.6 Å². The van der Waals surface area contributed by atoms with Crippen LogP contribution < -0.4 is 0 Å². The summed E-state index contributed by atoms with van der Waals surface area (Å²) in [7, 11) is 0. The predicted octanol–water partition coefficient (Wildman–Crippen LogP) is 6.54. The topological polar surface area (TPSA) is 0 Å². The fraction of sp³-hybridized carbons (Fsp3) is 0. The Hall–Kier alpha value is -2.02.